The van der Waals surface area contributed by atoms with E-state index in [1.807, 2.05) is 0 Å². The number of halogens is 1. The van der Waals surface area contributed by atoms with Crippen LogP contribution >= 0.6 is 27.3 Å². The number of nitrogens with zero attached hydrogens (tertiary/aromatic N) is 1. The van der Waals surface area contributed by atoms with Gasteiger partial charge in [-0.1, -0.05) is 0 Å². The van der Waals surface area contributed by atoms with Gasteiger partial charge in [-0.15, -0.1) is 11.3 Å². The van der Waals surface area contributed by atoms with E-state index in [4.69, 9.17) is 9.84 Å². The predicted molar refractivity (Wildman–Crippen MR) is 65.1 cm³/mol. The Balaban J connectivity index is 2.15. The molecule has 1 atom stereocenters. The van der Waals surface area contributed by atoms with Crippen molar-refractivity contribution in [3.8, 4) is 0 Å². The minimum Gasteiger partial charge on any atom is -0.465 e. The highest BCUT2D eigenvalue weighted by molar-refractivity contribution is 9.11. The van der Waals surface area contributed by atoms with Crippen LogP contribution in [0.5, 0.6) is 0 Å². The summed E-state index contributed by atoms with van der Waals surface area (Å²) >= 11 is 5.07. The first-order valence-corrected chi connectivity index (χ1v) is 6.52. The van der Waals surface area contributed by atoms with Crippen molar-refractivity contribution < 1.29 is 14.6 Å². The van der Waals surface area contributed by atoms with Crippen LogP contribution in [-0.2, 0) is 11.2 Å². The molecule has 88 valence electrons. The zero-order valence-corrected chi connectivity index (χ0v) is 11.2. The van der Waals surface area contributed by atoms with Gasteiger partial charge in [-0.25, -0.2) is 4.79 Å². The Labute approximate surface area is 106 Å². The van der Waals surface area contributed by atoms with Gasteiger partial charge in [0.2, 0.25) is 0 Å². The normalized spacial score (nSPS) is 19.2. The molecule has 2 heterocycles. The molecule has 1 aromatic rings. The van der Waals surface area contributed by atoms with Gasteiger partial charge in [0.25, 0.3) is 0 Å². The molecular formula is C10H12BrNO3S. The van der Waals surface area contributed by atoms with Gasteiger partial charge in [-0.05, 0) is 34.0 Å². The minimum absolute atomic E-state index is 0.124. The largest absolute Gasteiger partial charge is 0.465 e. The zero-order chi connectivity index (χ0) is 11.7. The Morgan fingerprint density at radius 2 is 2.56 bits per heavy atom. The van der Waals surface area contributed by atoms with Gasteiger partial charge in [0.15, 0.2) is 0 Å². The molecule has 0 aliphatic carbocycles. The number of amides is 1. The summed E-state index contributed by atoms with van der Waals surface area (Å²) in [6.07, 6.45) is -0.141. The number of thiophene rings is 1. The van der Waals surface area contributed by atoms with Gasteiger partial charge in [0.05, 0.1) is 16.9 Å². The maximum atomic E-state index is 10.8. The monoisotopic (exact) mass is 305 g/mol. The molecule has 1 N–H and O–H groups in total. The quantitative estimate of drug-likeness (QED) is 0.914. The molecule has 2 rings (SSSR count). The van der Waals surface area contributed by atoms with Crippen LogP contribution in [0.4, 0.5) is 4.79 Å². The topological polar surface area (TPSA) is 49.8 Å². The zero-order valence-electron chi connectivity index (χ0n) is 8.77. The second kappa shape index (κ2) is 4.73. The number of ether oxygens (including phenoxy) is 1. The van der Waals surface area contributed by atoms with Gasteiger partial charge in [0.1, 0.15) is 6.10 Å². The second-order valence-corrected chi connectivity index (χ2v) is 6.18. The van der Waals surface area contributed by atoms with Crippen molar-refractivity contribution in [1.82, 2.24) is 4.90 Å². The SMILES string of the molecule is CN(CC1OCCc2cc(Br)sc21)C(=O)O. The highest BCUT2D eigenvalue weighted by Gasteiger charge is 2.25. The number of fused-ring (bicyclic) bond motifs is 1. The Morgan fingerprint density at radius 1 is 1.81 bits per heavy atom. The molecule has 6 heteroatoms. The predicted octanol–water partition coefficient (Wildman–Crippen LogP) is 2.73. The average Bonchev–Trinajstić information content (AvgIpc) is 2.59. The first kappa shape index (κ1) is 11.9. The Morgan fingerprint density at radius 3 is 3.25 bits per heavy atom. The van der Waals surface area contributed by atoms with E-state index in [1.165, 1.54) is 10.5 Å². The highest BCUT2D eigenvalue weighted by atomic mass is 79.9. The third kappa shape index (κ3) is 2.39. The summed E-state index contributed by atoms with van der Waals surface area (Å²) < 4.78 is 6.70. The molecule has 4 nitrogen and oxygen atoms in total. The molecule has 0 saturated heterocycles. The Bertz CT molecular complexity index is 407. The molecule has 0 radical (unpaired) electrons. The molecule has 0 bridgehead atoms. The highest BCUT2D eigenvalue weighted by Crippen LogP contribution is 2.37. The summed E-state index contributed by atoms with van der Waals surface area (Å²) in [7, 11) is 1.56. The van der Waals surface area contributed by atoms with Crippen LogP contribution in [0.2, 0.25) is 0 Å². The molecule has 0 fully saturated rings. The summed E-state index contributed by atoms with van der Waals surface area (Å²) in [6.45, 7) is 1.05. The second-order valence-electron chi connectivity index (χ2n) is 3.71. The molecule has 1 unspecified atom stereocenters. The van der Waals surface area contributed by atoms with Crippen molar-refractivity contribution in [2.75, 3.05) is 20.2 Å². The summed E-state index contributed by atoms with van der Waals surface area (Å²) in [6, 6.07) is 2.09. The van der Waals surface area contributed by atoms with Gasteiger partial charge in [-0.2, -0.15) is 0 Å². The number of carbonyl (C=O) groups is 1. The number of hydrogen-bond acceptors (Lipinski definition) is 3. The lowest BCUT2D eigenvalue weighted by molar-refractivity contribution is 0.0251. The molecule has 16 heavy (non-hydrogen) atoms. The first-order chi connectivity index (χ1) is 7.58. The number of likely N-dealkylation sites (N-methyl/N-ethyl adjacent to an activating group) is 1. The molecule has 1 aromatic heterocycles. The van der Waals surface area contributed by atoms with Gasteiger partial charge in [-0.3, -0.25) is 0 Å². The van der Waals surface area contributed by atoms with Crippen LogP contribution in [0.1, 0.15) is 16.5 Å². The van der Waals surface area contributed by atoms with Gasteiger partial charge >= 0.3 is 6.09 Å². The van der Waals surface area contributed by atoms with Crippen LogP contribution < -0.4 is 0 Å². The van der Waals surface area contributed by atoms with Crippen molar-refractivity contribution in [3.63, 3.8) is 0 Å². The van der Waals surface area contributed by atoms with E-state index in [0.717, 1.165) is 15.1 Å². The fourth-order valence-corrected chi connectivity index (χ4v) is 3.50. The number of hydrogen-bond donors (Lipinski definition) is 1. The molecular weight excluding hydrogens is 294 g/mol. The van der Waals surface area contributed by atoms with Crippen LogP contribution in [0.3, 0.4) is 0 Å². The standard InChI is InChI=1S/C10H12BrNO3S/c1-12(10(13)14)5-7-9-6(2-3-15-7)4-8(11)16-9/h4,7H,2-3,5H2,1H3,(H,13,14). The van der Waals surface area contributed by atoms with Gasteiger partial charge < -0.3 is 14.7 Å². The van der Waals surface area contributed by atoms with Crippen LogP contribution in [0.25, 0.3) is 0 Å². The summed E-state index contributed by atoms with van der Waals surface area (Å²) in [5.74, 6) is 0. The molecule has 0 spiro atoms. The smallest absolute Gasteiger partial charge is 0.407 e. The van der Waals surface area contributed by atoms with Crippen molar-refractivity contribution in [2.24, 2.45) is 0 Å². The maximum absolute atomic E-state index is 10.8. The van der Waals surface area contributed by atoms with Crippen molar-refractivity contribution in [2.45, 2.75) is 12.5 Å². The van der Waals surface area contributed by atoms with E-state index in [0.29, 0.717) is 13.2 Å². The first-order valence-electron chi connectivity index (χ1n) is 4.91. The van der Waals surface area contributed by atoms with Crippen LogP contribution in [0, 0.1) is 0 Å². The third-order valence-corrected chi connectivity index (χ3v) is 4.33. The lowest BCUT2D eigenvalue weighted by Crippen LogP contribution is -2.32. The van der Waals surface area contributed by atoms with Crippen molar-refractivity contribution >= 4 is 33.4 Å². The number of carboxylic acid groups (broad SMARTS) is 1. The Kier molecular flexibility index (Phi) is 3.51. The Hall–Kier alpha value is -0.590. The molecule has 0 saturated carbocycles. The molecule has 1 aliphatic heterocycles. The van der Waals surface area contributed by atoms with Gasteiger partial charge in [0, 0.05) is 11.9 Å². The minimum atomic E-state index is -0.925. The lowest BCUT2D eigenvalue weighted by Gasteiger charge is -2.26. The van der Waals surface area contributed by atoms with Crippen LogP contribution in [0.15, 0.2) is 9.85 Å². The summed E-state index contributed by atoms with van der Waals surface area (Å²) in [4.78, 5) is 13.2. The molecule has 1 aliphatic rings. The lowest BCUT2D eigenvalue weighted by atomic mass is 10.1. The molecule has 1 amide bonds. The van der Waals surface area contributed by atoms with Crippen LogP contribution in [-0.4, -0.2) is 36.3 Å². The fourth-order valence-electron chi connectivity index (χ4n) is 1.73. The van der Waals surface area contributed by atoms with E-state index in [2.05, 4.69) is 22.0 Å². The number of rotatable bonds is 2. The van der Waals surface area contributed by atoms with Crippen molar-refractivity contribution in [1.29, 1.82) is 0 Å². The van der Waals surface area contributed by atoms with E-state index >= 15 is 0 Å². The summed E-state index contributed by atoms with van der Waals surface area (Å²) in [5.41, 5.74) is 1.27. The van der Waals surface area contributed by atoms with E-state index in [9.17, 15) is 4.79 Å². The fraction of sp³-hybridized carbons (Fsp3) is 0.500. The maximum Gasteiger partial charge on any atom is 0.407 e. The van der Waals surface area contributed by atoms with E-state index in [1.54, 1.807) is 18.4 Å². The summed E-state index contributed by atoms with van der Waals surface area (Å²) in [5, 5.41) is 8.83. The third-order valence-electron chi connectivity index (χ3n) is 2.56. The van der Waals surface area contributed by atoms with E-state index in [-0.39, 0.29) is 6.10 Å². The van der Waals surface area contributed by atoms with Crippen molar-refractivity contribution in [3.05, 3.63) is 20.3 Å². The average molecular weight is 306 g/mol. The molecule has 0 aromatic carbocycles. The van der Waals surface area contributed by atoms with E-state index < -0.39 is 6.09 Å².